The maximum atomic E-state index is 13.5. The van der Waals surface area contributed by atoms with Crippen LogP contribution in [0, 0.1) is 5.92 Å². The summed E-state index contributed by atoms with van der Waals surface area (Å²) in [6, 6.07) is 2.40. The fourth-order valence-electron chi connectivity index (χ4n) is 4.61. The Bertz CT molecular complexity index is 956. The van der Waals surface area contributed by atoms with Crippen molar-refractivity contribution in [1.82, 2.24) is 14.8 Å². The lowest BCUT2D eigenvalue weighted by molar-refractivity contribution is -0.137. The highest BCUT2D eigenvalue weighted by atomic mass is 19.4. The highest BCUT2D eigenvalue weighted by molar-refractivity contribution is 6.00. The number of hydrogen-bond donors (Lipinski definition) is 1. The number of fused-ring (bicyclic) bond motifs is 2. The van der Waals surface area contributed by atoms with E-state index in [-0.39, 0.29) is 17.9 Å². The third-order valence-electron chi connectivity index (χ3n) is 6.06. The van der Waals surface area contributed by atoms with Gasteiger partial charge in [0.15, 0.2) is 0 Å². The SMILES string of the molecule is CCN(CC)C(=O)[C@@H]1C=C2c3cc(C(F)(F)F)cc4[nH]cc(c34)C[C@H]2N(C)C1. The van der Waals surface area contributed by atoms with Gasteiger partial charge in [0, 0.05) is 42.8 Å². The summed E-state index contributed by atoms with van der Waals surface area (Å²) in [4.78, 5) is 19.8. The highest BCUT2D eigenvalue weighted by Crippen LogP contribution is 2.43. The van der Waals surface area contributed by atoms with Crippen molar-refractivity contribution in [3.8, 4) is 0 Å². The van der Waals surface area contributed by atoms with Gasteiger partial charge >= 0.3 is 6.18 Å². The van der Waals surface area contributed by atoms with E-state index in [1.165, 1.54) is 12.1 Å². The van der Waals surface area contributed by atoms with E-state index in [1.54, 1.807) is 4.90 Å². The van der Waals surface area contributed by atoms with Crippen molar-refractivity contribution < 1.29 is 18.0 Å². The summed E-state index contributed by atoms with van der Waals surface area (Å²) in [5.41, 5.74) is 2.30. The zero-order valence-corrected chi connectivity index (χ0v) is 16.2. The number of carbonyl (C=O) groups excluding carboxylic acids is 1. The van der Waals surface area contributed by atoms with Gasteiger partial charge in [-0.05, 0) is 56.1 Å². The van der Waals surface area contributed by atoms with Crippen LogP contribution in [0.4, 0.5) is 13.2 Å². The predicted octanol–water partition coefficient (Wildman–Crippen LogP) is 3.92. The summed E-state index contributed by atoms with van der Waals surface area (Å²) in [6.07, 6.45) is 0.0373. The molecule has 0 unspecified atom stereocenters. The van der Waals surface area contributed by atoms with Crippen molar-refractivity contribution in [2.75, 3.05) is 26.7 Å². The molecule has 1 aliphatic heterocycles. The molecule has 1 aliphatic carbocycles. The van der Waals surface area contributed by atoms with Gasteiger partial charge in [-0.15, -0.1) is 0 Å². The maximum absolute atomic E-state index is 13.5. The van der Waals surface area contributed by atoms with Crippen LogP contribution in [-0.2, 0) is 17.4 Å². The summed E-state index contributed by atoms with van der Waals surface area (Å²) in [6.45, 7) is 5.70. The number of aromatic amines is 1. The predicted molar refractivity (Wildman–Crippen MR) is 103 cm³/mol. The van der Waals surface area contributed by atoms with Gasteiger partial charge in [0.05, 0.1) is 11.5 Å². The number of hydrogen-bond acceptors (Lipinski definition) is 2. The first-order valence-corrected chi connectivity index (χ1v) is 9.66. The smallest absolute Gasteiger partial charge is 0.361 e. The van der Waals surface area contributed by atoms with Crippen molar-refractivity contribution in [2.45, 2.75) is 32.5 Å². The second kappa shape index (κ2) is 6.65. The Morgan fingerprint density at radius 3 is 2.64 bits per heavy atom. The van der Waals surface area contributed by atoms with Crippen LogP contribution in [0.15, 0.2) is 24.4 Å². The van der Waals surface area contributed by atoms with Crippen LogP contribution in [0.5, 0.6) is 0 Å². The lowest BCUT2D eigenvalue weighted by Gasteiger charge is -2.40. The number of rotatable bonds is 3. The number of aromatic nitrogens is 1. The Morgan fingerprint density at radius 2 is 2.00 bits per heavy atom. The van der Waals surface area contributed by atoms with Crippen LogP contribution in [0.3, 0.4) is 0 Å². The molecule has 2 atom stereocenters. The van der Waals surface area contributed by atoms with Gasteiger partial charge in [0.2, 0.25) is 5.91 Å². The highest BCUT2D eigenvalue weighted by Gasteiger charge is 2.39. The molecule has 0 bridgehead atoms. The first-order valence-electron chi connectivity index (χ1n) is 9.66. The Labute approximate surface area is 162 Å². The molecule has 0 saturated heterocycles. The molecule has 2 heterocycles. The molecule has 1 aromatic heterocycles. The van der Waals surface area contributed by atoms with E-state index in [0.29, 0.717) is 30.7 Å². The average molecular weight is 391 g/mol. The minimum absolute atomic E-state index is 0.0178. The molecule has 1 amide bonds. The van der Waals surface area contributed by atoms with Crippen LogP contribution in [0.25, 0.3) is 16.5 Å². The van der Waals surface area contributed by atoms with Crippen molar-refractivity contribution in [1.29, 1.82) is 0 Å². The monoisotopic (exact) mass is 391 g/mol. The molecular formula is C21H24F3N3O. The number of nitrogens with zero attached hydrogens (tertiary/aromatic N) is 2. The van der Waals surface area contributed by atoms with Crippen LogP contribution in [-0.4, -0.2) is 53.4 Å². The van der Waals surface area contributed by atoms with E-state index in [1.807, 2.05) is 33.2 Å². The molecule has 4 nitrogen and oxygen atoms in total. The van der Waals surface area contributed by atoms with E-state index in [9.17, 15) is 18.0 Å². The Hall–Kier alpha value is -2.28. The number of halogens is 3. The third kappa shape index (κ3) is 2.92. The van der Waals surface area contributed by atoms with Crippen LogP contribution < -0.4 is 0 Å². The summed E-state index contributed by atoms with van der Waals surface area (Å²) >= 11 is 0. The maximum Gasteiger partial charge on any atom is 0.416 e. The van der Waals surface area contributed by atoms with Gasteiger partial charge in [0.25, 0.3) is 0 Å². The summed E-state index contributed by atoms with van der Waals surface area (Å²) in [7, 11) is 1.95. The Kier molecular flexibility index (Phi) is 4.53. The molecule has 2 aromatic rings. The topological polar surface area (TPSA) is 39.3 Å². The average Bonchev–Trinajstić information content (AvgIpc) is 3.06. The van der Waals surface area contributed by atoms with Gasteiger partial charge in [-0.1, -0.05) is 6.08 Å². The molecule has 1 N–H and O–H groups in total. The number of amides is 1. The normalized spacial score (nSPS) is 22.1. The van der Waals surface area contributed by atoms with E-state index < -0.39 is 11.7 Å². The Morgan fingerprint density at radius 1 is 1.29 bits per heavy atom. The zero-order chi connectivity index (χ0) is 20.2. The fraction of sp³-hybridized carbons (Fsp3) is 0.476. The number of H-pyrrole nitrogens is 1. The molecule has 0 spiro atoms. The van der Waals surface area contributed by atoms with Gasteiger partial charge in [0.1, 0.15) is 0 Å². The van der Waals surface area contributed by atoms with Crippen LogP contribution in [0.2, 0.25) is 0 Å². The lowest BCUT2D eigenvalue weighted by atomic mass is 9.79. The van der Waals surface area contributed by atoms with Crippen molar-refractivity contribution in [2.24, 2.45) is 5.92 Å². The minimum Gasteiger partial charge on any atom is -0.361 e. The summed E-state index contributed by atoms with van der Waals surface area (Å²) in [5, 5.41) is 0.847. The van der Waals surface area contributed by atoms with E-state index in [0.717, 1.165) is 22.9 Å². The van der Waals surface area contributed by atoms with E-state index >= 15 is 0 Å². The molecule has 0 fully saturated rings. The van der Waals surface area contributed by atoms with Crippen molar-refractivity contribution >= 4 is 22.4 Å². The Balaban J connectivity index is 1.87. The molecule has 1 aromatic carbocycles. The number of likely N-dealkylation sites (N-methyl/N-ethyl adjacent to an activating group) is 1. The molecule has 2 aliphatic rings. The molecular weight excluding hydrogens is 367 g/mol. The van der Waals surface area contributed by atoms with Crippen molar-refractivity contribution in [3.63, 3.8) is 0 Å². The third-order valence-corrected chi connectivity index (χ3v) is 6.06. The number of alkyl halides is 3. The summed E-state index contributed by atoms with van der Waals surface area (Å²) in [5.74, 6) is -0.313. The largest absolute Gasteiger partial charge is 0.416 e. The fourth-order valence-corrected chi connectivity index (χ4v) is 4.61. The standard InChI is InChI=1S/C21H24F3N3O/c1-4-27(5-2)20(28)13-6-15-16-8-14(21(22,23)24)9-17-19(16)12(10-25-17)7-18(15)26(3)11-13/h6,8-10,13,18,25H,4-5,7,11H2,1-3H3/t13-,18-/m1/s1. The molecule has 0 radical (unpaired) electrons. The van der Waals surface area contributed by atoms with Gasteiger partial charge in [-0.2, -0.15) is 13.2 Å². The first-order chi connectivity index (χ1) is 13.2. The molecule has 7 heteroatoms. The minimum atomic E-state index is -4.42. The molecule has 4 rings (SSSR count). The van der Waals surface area contributed by atoms with E-state index in [2.05, 4.69) is 9.88 Å². The van der Waals surface area contributed by atoms with Gasteiger partial charge in [-0.3, -0.25) is 9.69 Å². The van der Waals surface area contributed by atoms with Crippen molar-refractivity contribution in [3.05, 3.63) is 41.1 Å². The second-order valence-corrected chi connectivity index (χ2v) is 7.66. The summed E-state index contributed by atoms with van der Waals surface area (Å²) < 4.78 is 40.4. The van der Waals surface area contributed by atoms with Gasteiger partial charge < -0.3 is 9.88 Å². The molecule has 0 saturated carbocycles. The number of benzene rings is 1. The first kappa shape index (κ1) is 19.1. The van der Waals surface area contributed by atoms with Crippen LogP contribution >= 0.6 is 0 Å². The van der Waals surface area contributed by atoms with E-state index in [4.69, 9.17) is 0 Å². The zero-order valence-electron chi connectivity index (χ0n) is 16.2. The van der Waals surface area contributed by atoms with Gasteiger partial charge in [-0.25, -0.2) is 0 Å². The molecule has 150 valence electrons. The number of carbonyl (C=O) groups is 1. The van der Waals surface area contributed by atoms with Crippen LogP contribution in [0.1, 0.15) is 30.5 Å². The quantitative estimate of drug-likeness (QED) is 0.861. The molecule has 28 heavy (non-hydrogen) atoms. The number of nitrogens with one attached hydrogen (secondary N) is 1. The second-order valence-electron chi connectivity index (χ2n) is 7.66. The lowest BCUT2D eigenvalue weighted by Crippen LogP contribution is -2.47.